The largest absolute Gasteiger partial charge is 0.371 e. The van der Waals surface area contributed by atoms with Crippen molar-refractivity contribution < 1.29 is 13.2 Å². The predicted molar refractivity (Wildman–Crippen MR) is 104 cm³/mol. The van der Waals surface area contributed by atoms with Crippen molar-refractivity contribution in [1.29, 1.82) is 0 Å². The smallest absolute Gasteiger partial charge is 0.215 e. The number of halogens is 1. The Morgan fingerprint density at radius 1 is 1.12 bits per heavy atom. The first-order valence-electron chi connectivity index (χ1n) is 8.62. The molecule has 1 saturated heterocycles. The molecule has 1 aliphatic heterocycles. The molecule has 2 aromatic rings. The first-order valence-corrected chi connectivity index (χ1v) is 10.7. The lowest BCUT2D eigenvalue weighted by molar-refractivity contribution is -0.0291. The van der Waals surface area contributed by atoms with Gasteiger partial charge in [-0.3, -0.25) is 4.90 Å². The highest BCUT2D eigenvalue weighted by molar-refractivity contribution is 7.88. The molecule has 0 bridgehead atoms. The maximum atomic E-state index is 12.2. The number of morpholine rings is 1. The van der Waals surface area contributed by atoms with E-state index in [4.69, 9.17) is 16.3 Å². The highest BCUT2D eigenvalue weighted by Gasteiger charge is 2.22. The standard InChI is InChI=1S/C19H23ClN2O3S/c20-18-8-6-16(7-9-18)15-26(23,24)21-10-11-22-12-13-25-19(14-22)17-4-2-1-3-5-17/h1-9,19,21H,10-15H2. The molecule has 5 nitrogen and oxygen atoms in total. The highest BCUT2D eigenvalue weighted by atomic mass is 35.5. The Bertz CT molecular complexity index is 797. The van der Waals surface area contributed by atoms with Crippen LogP contribution in [0.1, 0.15) is 17.2 Å². The second-order valence-corrected chi connectivity index (χ2v) is 8.59. The lowest BCUT2D eigenvalue weighted by atomic mass is 10.1. The average Bonchev–Trinajstić information content (AvgIpc) is 2.64. The normalized spacial score (nSPS) is 18.7. The van der Waals surface area contributed by atoms with Crippen molar-refractivity contribution in [3.05, 3.63) is 70.7 Å². The fraction of sp³-hybridized carbons (Fsp3) is 0.368. The van der Waals surface area contributed by atoms with Gasteiger partial charge < -0.3 is 4.74 Å². The molecule has 0 spiro atoms. The molecular weight excluding hydrogens is 372 g/mol. The number of sulfonamides is 1. The zero-order valence-electron chi connectivity index (χ0n) is 14.5. The summed E-state index contributed by atoms with van der Waals surface area (Å²) in [4.78, 5) is 2.23. The van der Waals surface area contributed by atoms with Crippen LogP contribution in [0.25, 0.3) is 0 Å². The Kier molecular flexibility index (Phi) is 6.67. The van der Waals surface area contributed by atoms with Crippen molar-refractivity contribution in [2.75, 3.05) is 32.8 Å². The third-order valence-corrected chi connectivity index (χ3v) is 5.95. The molecule has 1 atom stereocenters. The maximum absolute atomic E-state index is 12.2. The lowest BCUT2D eigenvalue weighted by Crippen LogP contribution is -2.42. The first-order chi connectivity index (χ1) is 12.5. The number of hydrogen-bond donors (Lipinski definition) is 1. The van der Waals surface area contributed by atoms with Gasteiger partial charge in [0.05, 0.1) is 18.5 Å². The van der Waals surface area contributed by atoms with E-state index < -0.39 is 10.0 Å². The summed E-state index contributed by atoms with van der Waals surface area (Å²) in [5.74, 6) is -0.0417. The van der Waals surface area contributed by atoms with Gasteiger partial charge in [0.1, 0.15) is 0 Å². The van der Waals surface area contributed by atoms with Gasteiger partial charge in [0, 0.05) is 31.2 Å². The number of hydrogen-bond acceptors (Lipinski definition) is 4. The van der Waals surface area contributed by atoms with Crippen molar-refractivity contribution in [1.82, 2.24) is 9.62 Å². The first kappa shape index (κ1) is 19.3. The van der Waals surface area contributed by atoms with E-state index in [1.54, 1.807) is 24.3 Å². The average molecular weight is 395 g/mol. The summed E-state index contributed by atoms with van der Waals surface area (Å²) >= 11 is 5.83. The van der Waals surface area contributed by atoms with Gasteiger partial charge in [-0.05, 0) is 23.3 Å². The summed E-state index contributed by atoms with van der Waals surface area (Å²) in [6.07, 6.45) is 0.0376. The lowest BCUT2D eigenvalue weighted by Gasteiger charge is -2.33. The second kappa shape index (κ2) is 8.97. The van der Waals surface area contributed by atoms with Crippen LogP contribution in [0.2, 0.25) is 5.02 Å². The summed E-state index contributed by atoms with van der Waals surface area (Å²) in [7, 11) is -3.36. The minimum atomic E-state index is -3.36. The van der Waals surface area contributed by atoms with Crippen LogP contribution in [0.4, 0.5) is 0 Å². The van der Waals surface area contributed by atoms with E-state index >= 15 is 0 Å². The summed E-state index contributed by atoms with van der Waals surface area (Å²) < 4.78 is 33.0. The SMILES string of the molecule is O=S(=O)(Cc1ccc(Cl)cc1)NCCN1CCOC(c2ccccc2)C1. The minimum absolute atomic E-state index is 0.0376. The topological polar surface area (TPSA) is 58.6 Å². The predicted octanol–water partition coefficient (Wildman–Crippen LogP) is 2.83. The van der Waals surface area contributed by atoms with E-state index in [1.807, 2.05) is 18.2 Å². The number of nitrogens with zero attached hydrogens (tertiary/aromatic N) is 1. The summed E-state index contributed by atoms with van der Waals surface area (Å²) in [5.41, 5.74) is 1.87. The molecule has 1 heterocycles. The third-order valence-electron chi connectivity index (χ3n) is 4.34. The second-order valence-electron chi connectivity index (χ2n) is 6.35. The fourth-order valence-corrected chi connectivity index (χ4v) is 4.25. The van der Waals surface area contributed by atoms with Gasteiger partial charge in [-0.2, -0.15) is 0 Å². The number of rotatable bonds is 7. The molecule has 0 aliphatic carbocycles. The Hall–Kier alpha value is -1.44. The molecule has 0 saturated carbocycles. The summed E-state index contributed by atoms with van der Waals surface area (Å²) in [5, 5.41) is 0.597. The van der Waals surface area contributed by atoms with Gasteiger partial charge >= 0.3 is 0 Å². The Labute approximate surface area is 160 Å². The molecule has 0 radical (unpaired) electrons. The van der Waals surface area contributed by atoms with Gasteiger partial charge in [-0.25, -0.2) is 13.1 Å². The molecule has 0 aromatic heterocycles. The Morgan fingerprint density at radius 2 is 1.85 bits per heavy atom. The third kappa shape index (κ3) is 5.79. The molecule has 1 unspecified atom stereocenters. The number of ether oxygens (including phenoxy) is 1. The molecule has 140 valence electrons. The van der Waals surface area contributed by atoms with E-state index in [1.165, 1.54) is 0 Å². The summed E-state index contributed by atoms with van der Waals surface area (Å²) in [6, 6.07) is 17.0. The van der Waals surface area contributed by atoms with Crippen LogP contribution in [0.15, 0.2) is 54.6 Å². The number of benzene rings is 2. The molecule has 1 aliphatic rings. The summed E-state index contributed by atoms with van der Waals surface area (Å²) in [6.45, 7) is 3.27. The molecular formula is C19H23ClN2O3S. The number of nitrogens with one attached hydrogen (secondary N) is 1. The van der Waals surface area contributed by atoms with E-state index in [-0.39, 0.29) is 11.9 Å². The van der Waals surface area contributed by atoms with Crippen molar-refractivity contribution in [3.8, 4) is 0 Å². The fourth-order valence-electron chi connectivity index (χ4n) is 2.99. The van der Waals surface area contributed by atoms with E-state index in [0.717, 1.165) is 24.2 Å². The molecule has 2 aromatic carbocycles. The van der Waals surface area contributed by atoms with Crippen LogP contribution in [-0.4, -0.2) is 46.1 Å². The van der Waals surface area contributed by atoms with Crippen LogP contribution < -0.4 is 4.72 Å². The highest BCUT2D eigenvalue weighted by Crippen LogP contribution is 2.21. The van der Waals surface area contributed by atoms with E-state index in [9.17, 15) is 8.42 Å². The van der Waals surface area contributed by atoms with Crippen molar-refractivity contribution in [2.24, 2.45) is 0 Å². The van der Waals surface area contributed by atoms with Crippen LogP contribution in [0.3, 0.4) is 0 Å². The van der Waals surface area contributed by atoms with Gasteiger partial charge in [-0.15, -0.1) is 0 Å². The quantitative estimate of drug-likeness (QED) is 0.784. The van der Waals surface area contributed by atoms with Gasteiger partial charge in [-0.1, -0.05) is 54.1 Å². The van der Waals surface area contributed by atoms with E-state index in [2.05, 4.69) is 21.8 Å². The zero-order valence-corrected chi connectivity index (χ0v) is 16.0. The molecule has 0 amide bonds. The molecule has 1 fully saturated rings. The van der Waals surface area contributed by atoms with Crippen LogP contribution in [0, 0.1) is 0 Å². The monoisotopic (exact) mass is 394 g/mol. The Balaban J connectivity index is 1.47. The van der Waals surface area contributed by atoms with Gasteiger partial charge in [0.15, 0.2) is 0 Å². The zero-order chi connectivity index (χ0) is 18.4. The Morgan fingerprint density at radius 3 is 2.58 bits per heavy atom. The molecule has 1 N–H and O–H groups in total. The van der Waals surface area contributed by atoms with E-state index in [0.29, 0.717) is 24.7 Å². The van der Waals surface area contributed by atoms with Gasteiger partial charge in [0.2, 0.25) is 10.0 Å². The maximum Gasteiger partial charge on any atom is 0.215 e. The van der Waals surface area contributed by atoms with Crippen molar-refractivity contribution in [3.63, 3.8) is 0 Å². The molecule has 26 heavy (non-hydrogen) atoms. The van der Waals surface area contributed by atoms with Crippen molar-refractivity contribution in [2.45, 2.75) is 11.9 Å². The minimum Gasteiger partial charge on any atom is -0.371 e. The van der Waals surface area contributed by atoms with Crippen molar-refractivity contribution >= 4 is 21.6 Å². The molecule has 7 heteroatoms. The van der Waals surface area contributed by atoms with Crippen LogP contribution in [0.5, 0.6) is 0 Å². The van der Waals surface area contributed by atoms with Crippen LogP contribution >= 0.6 is 11.6 Å². The van der Waals surface area contributed by atoms with Gasteiger partial charge in [0.25, 0.3) is 0 Å². The van der Waals surface area contributed by atoms with Crippen LogP contribution in [-0.2, 0) is 20.5 Å². The molecule has 3 rings (SSSR count).